The van der Waals surface area contributed by atoms with Crippen LogP contribution >= 0.6 is 11.6 Å². The highest BCUT2D eigenvalue weighted by atomic mass is 35.5. The van der Waals surface area contributed by atoms with Crippen molar-refractivity contribution in [2.45, 2.75) is 25.5 Å². The van der Waals surface area contributed by atoms with Crippen LogP contribution in [0, 0.1) is 0 Å². The molecule has 94 valence electrons. The van der Waals surface area contributed by atoms with Crippen molar-refractivity contribution in [3.8, 4) is 0 Å². The molecule has 2 heterocycles. The molecule has 1 fully saturated rings. The molecule has 0 aromatic carbocycles. The fourth-order valence-corrected chi connectivity index (χ4v) is 1.98. The lowest BCUT2D eigenvalue weighted by atomic mass is 10.1. The normalized spacial score (nSPS) is 17.1. The van der Waals surface area contributed by atoms with E-state index in [1.165, 1.54) is 0 Å². The average molecular weight is 258 g/mol. The molecule has 6 heteroatoms. The topological polar surface area (TPSA) is 56.3 Å². The van der Waals surface area contributed by atoms with Crippen LogP contribution in [0.1, 0.15) is 18.7 Å². The first-order chi connectivity index (χ1) is 8.28. The summed E-state index contributed by atoms with van der Waals surface area (Å²) in [5.41, 5.74) is 0. The number of rotatable bonds is 4. The molecule has 1 aliphatic rings. The van der Waals surface area contributed by atoms with Gasteiger partial charge in [0, 0.05) is 32.4 Å². The summed E-state index contributed by atoms with van der Waals surface area (Å²) >= 11 is 5.93. The number of halogens is 1. The first kappa shape index (κ1) is 12.5. The van der Waals surface area contributed by atoms with Crippen molar-refractivity contribution >= 4 is 17.4 Å². The van der Waals surface area contributed by atoms with E-state index < -0.39 is 0 Å². The third kappa shape index (κ3) is 3.80. The van der Waals surface area contributed by atoms with Gasteiger partial charge in [-0.05, 0) is 12.8 Å². The summed E-state index contributed by atoms with van der Waals surface area (Å²) in [5.74, 6) is 1.35. The van der Waals surface area contributed by atoms with Gasteiger partial charge in [0.25, 0.3) is 0 Å². The van der Waals surface area contributed by atoms with Gasteiger partial charge >= 0.3 is 0 Å². The van der Waals surface area contributed by atoms with Crippen LogP contribution in [0.3, 0.4) is 0 Å². The molecule has 0 saturated carbocycles. The minimum absolute atomic E-state index is 0.364. The van der Waals surface area contributed by atoms with Crippen LogP contribution in [0.2, 0.25) is 5.15 Å². The van der Waals surface area contributed by atoms with Crippen molar-refractivity contribution < 1.29 is 9.47 Å². The second kappa shape index (κ2) is 6.14. The molecule has 1 aliphatic heterocycles. The Kier molecular flexibility index (Phi) is 4.53. The molecule has 1 aromatic heterocycles. The summed E-state index contributed by atoms with van der Waals surface area (Å²) in [7, 11) is 1.61. The maximum absolute atomic E-state index is 5.93. The zero-order valence-electron chi connectivity index (χ0n) is 9.78. The third-order valence-electron chi connectivity index (χ3n) is 2.59. The molecular weight excluding hydrogens is 242 g/mol. The molecule has 1 aromatic rings. The Morgan fingerprint density at radius 3 is 2.94 bits per heavy atom. The first-order valence-corrected chi connectivity index (χ1v) is 6.02. The third-order valence-corrected chi connectivity index (χ3v) is 2.78. The van der Waals surface area contributed by atoms with Gasteiger partial charge in [0.1, 0.15) is 17.6 Å². The van der Waals surface area contributed by atoms with Gasteiger partial charge in [0.2, 0.25) is 0 Å². The Balaban J connectivity index is 2.03. The number of nitrogens with zero attached hydrogens (tertiary/aromatic N) is 2. The monoisotopic (exact) mass is 257 g/mol. The van der Waals surface area contributed by atoms with Gasteiger partial charge in [-0.15, -0.1) is 0 Å². The predicted molar refractivity (Wildman–Crippen MR) is 65.2 cm³/mol. The van der Waals surface area contributed by atoms with Crippen molar-refractivity contribution in [3.05, 3.63) is 17.0 Å². The van der Waals surface area contributed by atoms with E-state index in [-0.39, 0.29) is 0 Å². The molecule has 5 nitrogen and oxygen atoms in total. The number of hydrogen-bond donors (Lipinski definition) is 1. The highest BCUT2D eigenvalue weighted by molar-refractivity contribution is 6.29. The van der Waals surface area contributed by atoms with Crippen molar-refractivity contribution in [1.29, 1.82) is 0 Å². The highest BCUT2D eigenvalue weighted by Crippen LogP contribution is 2.16. The molecule has 1 saturated heterocycles. The Hall–Kier alpha value is -0.910. The maximum Gasteiger partial charge on any atom is 0.158 e. The molecule has 17 heavy (non-hydrogen) atoms. The van der Waals surface area contributed by atoms with Gasteiger partial charge in [0.15, 0.2) is 5.82 Å². The summed E-state index contributed by atoms with van der Waals surface area (Å²) in [6, 6.07) is 2.13. The zero-order valence-corrected chi connectivity index (χ0v) is 10.5. The average Bonchev–Trinajstić information content (AvgIpc) is 2.30. The lowest BCUT2D eigenvalue weighted by Crippen LogP contribution is -2.28. The summed E-state index contributed by atoms with van der Waals surface area (Å²) < 4.78 is 10.3. The Bertz CT molecular complexity index is 370. The zero-order chi connectivity index (χ0) is 12.1. The lowest BCUT2D eigenvalue weighted by molar-refractivity contribution is 0.0903. The Labute approximate surface area is 105 Å². The van der Waals surface area contributed by atoms with Crippen LogP contribution in [-0.4, -0.2) is 36.3 Å². The minimum atomic E-state index is 0.364. The van der Waals surface area contributed by atoms with Crippen LogP contribution in [-0.2, 0) is 16.1 Å². The van der Waals surface area contributed by atoms with Crippen LogP contribution in [0.4, 0.5) is 5.82 Å². The van der Waals surface area contributed by atoms with Gasteiger partial charge in [-0.1, -0.05) is 11.6 Å². The smallest absolute Gasteiger partial charge is 0.158 e. The summed E-state index contributed by atoms with van der Waals surface area (Å²) in [6.45, 7) is 1.95. The van der Waals surface area contributed by atoms with Crippen LogP contribution in [0.5, 0.6) is 0 Å². The van der Waals surface area contributed by atoms with E-state index in [0.29, 0.717) is 23.6 Å². The number of anilines is 1. The van der Waals surface area contributed by atoms with Crippen molar-refractivity contribution in [2.24, 2.45) is 0 Å². The molecule has 0 atom stereocenters. The molecule has 0 unspecified atom stereocenters. The predicted octanol–water partition coefficient (Wildman–Crippen LogP) is 1.87. The standard InChI is InChI=1S/C11H16ClN3O2/c1-16-7-11-14-9(12)6-10(15-11)13-8-2-4-17-5-3-8/h6,8H,2-5,7H2,1H3,(H,13,14,15). The molecular formula is C11H16ClN3O2. The van der Waals surface area contributed by atoms with Crippen molar-refractivity contribution in [1.82, 2.24) is 9.97 Å². The van der Waals surface area contributed by atoms with Gasteiger partial charge in [0.05, 0.1) is 0 Å². The fraction of sp³-hybridized carbons (Fsp3) is 0.636. The fourth-order valence-electron chi connectivity index (χ4n) is 1.78. The maximum atomic E-state index is 5.93. The van der Waals surface area contributed by atoms with E-state index in [9.17, 15) is 0 Å². The SMILES string of the molecule is COCc1nc(Cl)cc(NC2CCOCC2)n1. The second-order valence-corrected chi connectivity index (χ2v) is 4.34. The van der Waals surface area contributed by atoms with E-state index in [1.54, 1.807) is 13.2 Å². The Morgan fingerprint density at radius 2 is 2.24 bits per heavy atom. The van der Waals surface area contributed by atoms with Gasteiger partial charge in [-0.25, -0.2) is 9.97 Å². The molecule has 2 rings (SSSR count). The van der Waals surface area contributed by atoms with Gasteiger partial charge < -0.3 is 14.8 Å². The first-order valence-electron chi connectivity index (χ1n) is 5.64. The van der Waals surface area contributed by atoms with Crippen molar-refractivity contribution in [3.63, 3.8) is 0 Å². The molecule has 0 spiro atoms. The summed E-state index contributed by atoms with van der Waals surface area (Å²) in [6.07, 6.45) is 1.97. The van der Waals surface area contributed by atoms with Crippen molar-refractivity contribution in [2.75, 3.05) is 25.6 Å². The quantitative estimate of drug-likeness (QED) is 0.835. The molecule has 0 amide bonds. The van der Waals surface area contributed by atoms with E-state index >= 15 is 0 Å². The second-order valence-electron chi connectivity index (χ2n) is 3.96. The molecule has 0 bridgehead atoms. The number of hydrogen-bond acceptors (Lipinski definition) is 5. The van der Waals surface area contributed by atoms with E-state index in [0.717, 1.165) is 31.9 Å². The molecule has 1 N–H and O–H groups in total. The van der Waals surface area contributed by atoms with Crippen LogP contribution < -0.4 is 5.32 Å². The Morgan fingerprint density at radius 1 is 1.47 bits per heavy atom. The van der Waals surface area contributed by atoms with E-state index in [4.69, 9.17) is 21.1 Å². The number of methoxy groups -OCH3 is 1. The van der Waals surface area contributed by atoms with Crippen LogP contribution in [0.25, 0.3) is 0 Å². The number of aromatic nitrogens is 2. The minimum Gasteiger partial charge on any atom is -0.381 e. The van der Waals surface area contributed by atoms with Crippen LogP contribution in [0.15, 0.2) is 6.07 Å². The molecule has 0 aliphatic carbocycles. The molecule has 0 radical (unpaired) electrons. The summed E-state index contributed by atoms with van der Waals surface area (Å²) in [4.78, 5) is 8.43. The van der Waals surface area contributed by atoms with E-state index in [2.05, 4.69) is 15.3 Å². The van der Waals surface area contributed by atoms with Gasteiger partial charge in [-0.3, -0.25) is 0 Å². The largest absolute Gasteiger partial charge is 0.381 e. The van der Waals surface area contributed by atoms with Gasteiger partial charge in [-0.2, -0.15) is 0 Å². The lowest BCUT2D eigenvalue weighted by Gasteiger charge is -2.23. The summed E-state index contributed by atoms with van der Waals surface area (Å²) in [5, 5.41) is 3.78. The van der Waals surface area contributed by atoms with E-state index in [1.807, 2.05) is 0 Å². The highest BCUT2D eigenvalue weighted by Gasteiger charge is 2.14. The number of nitrogens with one attached hydrogen (secondary N) is 1. The number of ether oxygens (including phenoxy) is 2.